The molecule has 2 aliphatic heterocycles. The van der Waals surface area contributed by atoms with Crippen LogP contribution in [0.2, 0.25) is 0 Å². The van der Waals surface area contributed by atoms with E-state index in [1.807, 2.05) is 0 Å². The summed E-state index contributed by atoms with van der Waals surface area (Å²) in [6, 6.07) is 0. The molecule has 3 nitrogen and oxygen atoms in total. The highest BCUT2D eigenvalue weighted by atomic mass is 16.5. The molecule has 0 bridgehead atoms. The average Bonchev–Trinajstić information content (AvgIpc) is 2.55. The lowest BCUT2D eigenvalue weighted by atomic mass is 9.85. The Hall–Kier alpha value is -0.120. The lowest BCUT2D eigenvalue weighted by molar-refractivity contribution is 0.0147. The van der Waals surface area contributed by atoms with Crippen LogP contribution in [-0.2, 0) is 4.74 Å². The Bertz CT molecular complexity index is 267. The molecule has 0 aliphatic carbocycles. The van der Waals surface area contributed by atoms with Gasteiger partial charge in [-0.2, -0.15) is 0 Å². The van der Waals surface area contributed by atoms with Crippen LogP contribution in [0.25, 0.3) is 0 Å². The van der Waals surface area contributed by atoms with Crippen LogP contribution in [-0.4, -0.2) is 42.8 Å². The normalized spacial score (nSPS) is 39.2. The topological polar surface area (TPSA) is 38.5 Å². The molecule has 2 N–H and O–H groups in total. The van der Waals surface area contributed by atoms with Crippen molar-refractivity contribution in [1.29, 1.82) is 0 Å². The predicted molar refractivity (Wildman–Crippen MR) is 71.0 cm³/mol. The minimum atomic E-state index is 0.112. The molecule has 2 saturated heterocycles. The molecule has 2 atom stereocenters. The lowest BCUT2D eigenvalue weighted by Crippen LogP contribution is -2.58. The molecule has 2 unspecified atom stereocenters. The van der Waals surface area contributed by atoms with Gasteiger partial charge in [0, 0.05) is 13.2 Å². The van der Waals surface area contributed by atoms with Crippen LogP contribution in [0.4, 0.5) is 0 Å². The lowest BCUT2D eigenvalue weighted by Gasteiger charge is -2.42. The second kappa shape index (κ2) is 4.87. The fourth-order valence-corrected chi connectivity index (χ4v) is 3.45. The summed E-state index contributed by atoms with van der Waals surface area (Å²) in [5.74, 6) is 0. The van der Waals surface area contributed by atoms with Gasteiger partial charge in [0.15, 0.2) is 0 Å². The Morgan fingerprint density at radius 3 is 2.59 bits per heavy atom. The summed E-state index contributed by atoms with van der Waals surface area (Å²) in [5.41, 5.74) is 6.69. The van der Waals surface area contributed by atoms with Crippen LogP contribution >= 0.6 is 0 Å². The van der Waals surface area contributed by atoms with Crippen molar-refractivity contribution in [3.05, 3.63) is 0 Å². The molecular weight excluding hydrogens is 212 g/mol. The van der Waals surface area contributed by atoms with Gasteiger partial charge >= 0.3 is 0 Å². The molecule has 2 fully saturated rings. The van der Waals surface area contributed by atoms with Crippen molar-refractivity contribution >= 4 is 0 Å². The summed E-state index contributed by atoms with van der Waals surface area (Å²) in [7, 11) is 0. The van der Waals surface area contributed by atoms with E-state index in [0.717, 1.165) is 19.6 Å². The maximum absolute atomic E-state index is 6.09. The summed E-state index contributed by atoms with van der Waals surface area (Å²) < 4.78 is 5.78. The minimum absolute atomic E-state index is 0.112. The van der Waals surface area contributed by atoms with E-state index in [-0.39, 0.29) is 11.6 Å². The summed E-state index contributed by atoms with van der Waals surface area (Å²) in [6.45, 7) is 10.9. The number of nitrogens with zero attached hydrogens (tertiary/aromatic N) is 1. The van der Waals surface area contributed by atoms with Crippen LogP contribution in [0.1, 0.15) is 46.5 Å². The van der Waals surface area contributed by atoms with Gasteiger partial charge in [0.1, 0.15) is 0 Å². The van der Waals surface area contributed by atoms with Crippen LogP contribution in [0.3, 0.4) is 0 Å². The number of likely N-dealkylation sites (tertiary alicyclic amines) is 1. The zero-order valence-electron chi connectivity index (χ0n) is 11.7. The molecule has 17 heavy (non-hydrogen) atoms. The van der Waals surface area contributed by atoms with E-state index in [4.69, 9.17) is 10.5 Å². The van der Waals surface area contributed by atoms with E-state index in [1.54, 1.807) is 0 Å². The first-order valence-electron chi connectivity index (χ1n) is 7.07. The van der Waals surface area contributed by atoms with Crippen molar-refractivity contribution in [2.24, 2.45) is 11.1 Å². The Balaban J connectivity index is 2.10. The fraction of sp³-hybridized carbons (Fsp3) is 1.00. The maximum Gasteiger partial charge on any atom is 0.0743 e. The fourth-order valence-electron chi connectivity index (χ4n) is 3.45. The van der Waals surface area contributed by atoms with E-state index in [2.05, 4.69) is 25.7 Å². The highest BCUT2D eigenvalue weighted by molar-refractivity contribution is 5.01. The molecule has 3 heteroatoms. The molecule has 2 rings (SSSR count). The van der Waals surface area contributed by atoms with Crippen LogP contribution in [0, 0.1) is 5.41 Å². The number of nitrogens with two attached hydrogens (primary N) is 1. The molecule has 0 aromatic rings. The van der Waals surface area contributed by atoms with Gasteiger partial charge in [-0.3, -0.25) is 4.90 Å². The van der Waals surface area contributed by atoms with E-state index in [9.17, 15) is 0 Å². The summed E-state index contributed by atoms with van der Waals surface area (Å²) in [6.07, 6.45) is 5.29. The molecule has 0 aromatic carbocycles. The molecule has 2 heterocycles. The third kappa shape index (κ3) is 2.51. The number of hydrogen-bond donors (Lipinski definition) is 1. The zero-order chi connectivity index (χ0) is 12.5. The van der Waals surface area contributed by atoms with E-state index in [1.165, 1.54) is 32.4 Å². The van der Waals surface area contributed by atoms with Crippen molar-refractivity contribution in [1.82, 2.24) is 4.90 Å². The second-order valence-corrected chi connectivity index (χ2v) is 6.58. The van der Waals surface area contributed by atoms with Gasteiger partial charge in [0.2, 0.25) is 0 Å². The third-order valence-electron chi connectivity index (χ3n) is 4.98. The van der Waals surface area contributed by atoms with Crippen molar-refractivity contribution in [3.8, 4) is 0 Å². The number of ether oxygens (including phenoxy) is 1. The van der Waals surface area contributed by atoms with Gasteiger partial charge in [-0.05, 0) is 51.1 Å². The first-order chi connectivity index (χ1) is 8.00. The van der Waals surface area contributed by atoms with Gasteiger partial charge in [0.05, 0.1) is 11.6 Å². The number of hydrogen-bond acceptors (Lipinski definition) is 3. The Morgan fingerprint density at radius 2 is 2.00 bits per heavy atom. The molecule has 0 amide bonds. The Morgan fingerprint density at radius 1 is 1.24 bits per heavy atom. The van der Waals surface area contributed by atoms with Crippen LogP contribution in [0.5, 0.6) is 0 Å². The van der Waals surface area contributed by atoms with Crippen LogP contribution in [0.15, 0.2) is 0 Å². The predicted octanol–water partition coefficient (Wildman–Crippen LogP) is 2.00. The monoisotopic (exact) mass is 240 g/mol. The first kappa shape index (κ1) is 13.3. The van der Waals surface area contributed by atoms with Crippen molar-refractivity contribution < 1.29 is 4.74 Å². The Kier molecular flexibility index (Phi) is 3.81. The summed E-state index contributed by atoms with van der Waals surface area (Å²) >= 11 is 0. The average molecular weight is 240 g/mol. The zero-order valence-corrected chi connectivity index (χ0v) is 11.7. The van der Waals surface area contributed by atoms with Crippen LogP contribution < -0.4 is 5.73 Å². The SMILES string of the molecule is CC1OCCC1(CN)N1CCCC(C)(C)CC1. The molecular formula is C14H28N2O. The van der Waals surface area contributed by atoms with Crippen molar-refractivity contribution in [2.75, 3.05) is 26.2 Å². The van der Waals surface area contributed by atoms with Gasteiger partial charge < -0.3 is 10.5 Å². The quantitative estimate of drug-likeness (QED) is 0.802. The highest BCUT2D eigenvalue weighted by Gasteiger charge is 2.45. The molecule has 0 saturated carbocycles. The van der Waals surface area contributed by atoms with E-state index < -0.39 is 0 Å². The van der Waals surface area contributed by atoms with Gasteiger partial charge in [-0.1, -0.05) is 13.8 Å². The molecule has 2 aliphatic rings. The number of rotatable bonds is 2. The van der Waals surface area contributed by atoms with Gasteiger partial charge in [0.25, 0.3) is 0 Å². The second-order valence-electron chi connectivity index (χ2n) is 6.58. The van der Waals surface area contributed by atoms with Gasteiger partial charge in [-0.25, -0.2) is 0 Å². The first-order valence-corrected chi connectivity index (χ1v) is 7.07. The van der Waals surface area contributed by atoms with E-state index in [0.29, 0.717) is 5.41 Å². The molecule has 0 radical (unpaired) electrons. The smallest absolute Gasteiger partial charge is 0.0743 e. The Labute approximate surface area is 106 Å². The molecule has 100 valence electrons. The van der Waals surface area contributed by atoms with E-state index >= 15 is 0 Å². The molecule has 0 spiro atoms. The maximum atomic E-state index is 6.09. The minimum Gasteiger partial charge on any atom is -0.376 e. The largest absolute Gasteiger partial charge is 0.376 e. The highest BCUT2D eigenvalue weighted by Crippen LogP contribution is 2.37. The summed E-state index contributed by atoms with van der Waals surface area (Å²) in [4.78, 5) is 2.62. The van der Waals surface area contributed by atoms with Gasteiger partial charge in [-0.15, -0.1) is 0 Å². The summed E-state index contributed by atoms with van der Waals surface area (Å²) in [5, 5.41) is 0. The molecule has 0 aromatic heterocycles. The van der Waals surface area contributed by atoms with Crippen molar-refractivity contribution in [2.45, 2.75) is 58.1 Å². The van der Waals surface area contributed by atoms with Crippen molar-refractivity contribution in [3.63, 3.8) is 0 Å². The standard InChI is InChI=1S/C14H28N2O/c1-12-14(11-15,7-10-17-12)16-8-4-5-13(2,3)6-9-16/h12H,4-11,15H2,1-3H3. The third-order valence-corrected chi connectivity index (χ3v) is 4.98.